The Kier molecular flexibility index (Phi) is 9.40. The lowest BCUT2D eigenvalue weighted by molar-refractivity contribution is 0.590. The van der Waals surface area contributed by atoms with Crippen molar-refractivity contribution in [2.75, 3.05) is 0 Å². The minimum Gasteiger partial charge on any atom is -0.0622 e. The molecule has 11 aromatic carbocycles. The van der Waals surface area contributed by atoms with Gasteiger partial charge in [-0.3, -0.25) is 0 Å². The molecule has 0 nitrogen and oxygen atoms in total. The van der Waals surface area contributed by atoms with Crippen LogP contribution in [-0.4, -0.2) is 0 Å². The largest absolute Gasteiger partial charge is 0.0622 e. The summed E-state index contributed by atoms with van der Waals surface area (Å²) in [6.07, 6.45) is 0. The van der Waals surface area contributed by atoms with Gasteiger partial charge in [-0.25, -0.2) is 0 Å². The number of hydrogen-bond donors (Lipinski definition) is 0. The summed E-state index contributed by atoms with van der Waals surface area (Å²) in [6.45, 7) is 13.9. The third kappa shape index (κ3) is 6.77. The first kappa shape index (κ1) is 39.6. The topological polar surface area (TPSA) is 0 Å². The van der Waals surface area contributed by atoms with Crippen LogP contribution in [0.1, 0.15) is 52.7 Å². The molecule has 0 heteroatoms. The van der Waals surface area contributed by atoms with E-state index >= 15 is 0 Å². The van der Waals surface area contributed by atoms with Gasteiger partial charge in [-0.2, -0.15) is 0 Å². The van der Waals surface area contributed by atoms with Crippen LogP contribution in [-0.2, 0) is 10.8 Å². The van der Waals surface area contributed by atoms with Crippen molar-refractivity contribution in [2.45, 2.75) is 52.4 Å². The first-order valence-electron chi connectivity index (χ1n) is 22.7. The standard InChI is InChI=1S/C64H52/c1-63(2,3)49-27-17-25-46(36-49)59-53-34-33-45(41-19-9-7-10-20-41)38-55(53)60(47-26-18-28-50(37-47)64(4,5)6)57-39-54-51-29-15-16-30-52(51)62(48-32-31-42-21-13-14-24-44(42)35-48)61(56(54)40-58(57)59)43-22-11-8-12-23-43/h7-40H,1-6H3. The second-order valence-corrected chi connectivity index (χ2v) is 19.7. The summed E-state index contributed by atoms with van der Waals surface area (Å²) in [5, 5.41) is 12.5. The molecule has 0 spiro atoms. The Hall–Kier alpha value is -7.28. The van der Waals surface area contributed by atoms with Gasteiger partial charge in [0.25, 0.3) is 0 Å². The van der Waals surface area contributed by atoms with Crippen molar-refractivity contribution >= 4 is 53.9 Å². The first-order chi connectivity index (χ1) is 31.0. The molecule has 0 aromatic heterocycles. The summed E-state index contributed by atoms with van der Waals surface area (Å²) in [7, 11) is 0. The summed E-state index contributed by atoms with van der Waals surface area (Å²) < 4.78 is 0. The van der Waals surface area contributed by atoms with E-state index < -0.39 is 0 Å². The lowest BCUT2D eigenvalue weighted by Crippen LogP contribution is -2.11. The van der Waals surface area contributed by atoms with Crippen molar-refractivity contribution in [1.82, 2.24) is 0 Å². The predicted molar refractivity (Wildman–Crippen MR) is 279 cm³/mol. The van der Waals surface area contributed by atoms with Crippen LogP contribution in [0.25, 0.3) is 109 Å². The smallest absolute Gasteiger partial charge is 0.00201 e. The van der Waals surface area contributed by atoms with Crippen LogP contribution >= 0.6 is 0 Å². The maximum atomic E-state index is 2.56. The Morgan fingerprint density at radius 2 is 0.656 bits per heavy atom. The second-order valence-electron chi connectivity index (χ2n) is 19.7. The average molecular weight is 821 g/mol. The first-order valence-corrected chi connectivity index (χ1v) is 22.7. The molecule has 0 heterocycles. The molecule has 0 saturated heterocycles. The highest BCUT2D eigenvalue weighted by Gasteiger charge is 2.25. The molecule has 11 rings (SSSR count). The molecule has 0 radical (unpaired) electrons. The molecule has 0 amide bonds. The highest BCUT2D eigenvalue weighted by Crippen LogP contribution is 2.51. The van der Waals surface area contributed by atoms with Gasteiger partial charge in [0.2, 0.25) is 0 Å². The number of hydrogen-bond acceptors (Lipinski definition) is 0. The van der Waals surface area contributed by atoms with Gasteiger partial charge in [-0.15, -0.1) is 0 Å². The van der Waals surface area contributed by atoms with Crippen LogP contribution in [0.15, 0.2) is 206 Å². The Bertz CT molecular complexity index is 3590. The lowest BCUT2D eigenvalue weighted by Gasteiger charge is -2.25. The normalized spacial score (nSPS) is 12.2. The van der Waals surface area contributed by atoms with E-state index in [2.05, 4.69) is 248 Å². The molecule has 0 aliphatic carbocycles. The van der Waals surface area contributed by atoms with Crippen LogP contribution in [0.2, 0.25) is 0 Å². The van der Waals surface area contributed by atoms with E-state index in [1.165, 1.54) is 121 Å². The zero-order valence-corrected chi connectivity index (χ0v) is 37.6. The highest BCUT2D eigenvalue weighted by atomic mass is 14.3. The molecule has 0 atom stereocenters. The predicted octanol–water partition coefficient (Wildman–Crippen LogP) is 18.4. The molecule has 0 aliphatic heterocycles. The molecule has 0 N–H and O–H groups in total. The zero-order chi connectivity index (χ0) is 43.7. The second kappa shape index (κ2) is 15.2. The Labute approximate surface area is 377 Å². The fraction of sp³-hybridized carbons (Fsp3) is 0.125. The van der Waals surface area contributed by atoms with E-state index in [9.17, 15) is 0 Å². The van der Waals surface area contributed by atoms with Crippen molar-refractivity contribution in [3.8, 4) is 55.6 Å². The van der Waals surface area contributed by atoms with Gasteiger partial charge < -0.3 is 0 Å². The molecule has 0 aliphatic rings. The maximum absolute atomic E-state index is 2.56. The Morgan fingerprint density at radius 3 is 1.30 bits per heavy atom. The molecule has 64 heavy (non-hydrogen) atoms. The fourth-order valence-electron chi connectivity index (χ4n) is 10.2. The maximum Gasteiger partial charge on any atom is -0.00201 e. The SMILES string of the molecule is CC(C)(C)c1cccc(-c2c3ccc(-c4ccccc4)cc3c(-c3cccc(C(C)(C)C)c3)c3cc4c(cc23)c(-c2ccccc2)c(-c2ccc3ccccc3c2)c2ccccc24)c1. The molecule has 0 saturated carbocycles. The van der Waals surface area contributed by atoms with E-state index in [0.717, 1.165) is 0 Å². The molecule has 0 fully saturated rings. The molecular formula is C64H52. The van der Waals surface area contributed by atoms with Crippen LogP contribution in [0.3, 0.4) is 0 Å². The van der Waals surface area contributed by atoms with Crippen LogP contribution in [0.4, 0.5) is 0 Å². The van der Waals surface area contributed by atoms with Crippen molar-refractivity contribution < 1.29 is 0 Å². The van der Waals surface area contributed by atoms with E-state index in [1.54, 1.807) is 0 Å². The van der Waals surface area contributed by atoms with Crippen LogP contribution < -0.4 is 0 Å². The van der Waals surface area contributed by atoms with E-state index in [-0.39, 0.29) is 10.8 Å². The number of benzene rings is 11. The van der Waals surface area contributed by atoms with Crippen molar-refractivity contribution in [1.29, 1.82) is 0 Å². The van der Waals surface area contributed by atoms with Crippen molar-refractivity contribution in [3.05, 3.63) is 217 Å². The fourth-order valence-corrected chi connectivity index (χ4v) is 10.2. The molecule has 11 aromatic rings. The van der Waals surface area contributed by atoms with E-state index in [0.29, 0.717) is 0 Å². The summed E-state index contributed by atoms with van der Waals surface area (Å²) in [5.74, 6) is 0. The summed E-state index contributed by atoms with van der Waals surface area (Å²) in [5.41, 5.74) is 15.0. The van der Waals surface area contributed by atoms with E-state index in [4.69, 9.17) is 0 Å². The Balaban J connectivity index is 1.38. The monoisotopic (exact) mass is 820 g/mol. The van der Waals surface area contributed by atoms with Gasteiger partial charge in [0, 0.05) is 0 Å². The van der Waals surface area contributed by atoms with Gasteiger partial charge in [-0.1, -0.05) is 224 Å². The quantitative estimate of drug-likeness (QED) is 0.120. The third-order valence-electron chi connectivity index (χ3n) is 13.5. The van der Waals surface area contributed by atoms with Crippen LogP contribution in [0, 0.1) is 0 Å². The summed E-state index contributed by atoms with van der Waals surface area (Å²) in [4.78, 5) is 0. The van der Waals surface area contributed by atoms with Gasteiger partial charge in [-0.05, 0) is 156 Å². The van der Waals surface area contributed by atoms with Gasteiger partial charge in [0.1, 0.15) is 0 Å². The lowest BCUT2D eigenvalue weighted by atomic mass is 9.79. The molecule has 308 valence electrons. The van der Waals surface area contributed by atoms with Gasteiger partial charge in [0.15, 0.2) is 0 Å². The highest BCUT2D eigenvalue weighted by molar-refractivity contribution is 6.29. The van der Waals surface area contributed by atoms with Gasteiger partial charge in [0.05, 0.1) is 0 Å². The molecule has 0 bridgehead atoms. The minimum atomic E-state index is -0.0176. The minimum absolute atomic E-state index is 0.0171. The Morgan fingerprint density at radius 1 is 0.219 bits per heavy atom. The number of rotatable bonds is 5. The zero-order valence-electron chi connectivity index (χ0n) is 37.6. The van der Waals surface area contributed by atoms with Crippen molar-refractivity contribution in [3.63, 3.8) is 0 Å². The summed E-state index contributed by atoms with van der Waals surface area (Å²) in [6, 6.07) is 77.7. The van der Waals surface area contributed by atoms with Crippen molar-refractivity contribution in [2.24, 2.45) is 0 Å². The summed E-state index contributed by atoms with van der Waals surface area (Å²) >= 11 is 0. The molecular weight excluding hydrogens is 769 g/mol. The molecule has 0 unspecified atom stereocenters. The number of fused-ring (bicyclic) bond motifs is 6. The average Bonchev–Trinajstić information content (AvgIpc) is 3.32. The van der Waals surface area contributed by atoms with Gasteiger partial charge >= 0.3 is 0 Å². The third-order valence-corrected chi connectivity index (χ3v) is 13.5. The van der Waals surface area contributed by atoms with E-state index in [1.807, 2.05) is 0 Å². The van der Waals surface area contributed by atoms with Crippen LogP contribution in [0.5, 0.6) is 0 Å².